The predicted octanol–water partition coefficient (Wildman–Crippen LogP) is 4.32. The number of carbonyl (C=O) groups is 1. The number of aryl methyl sites for hydroxylation is 1. The van der Waals surface area contributed by atoms with Gasteiger partial charge in [0.15, 0.2) is 0 Å². The molecule has 4 nitrogen and oxygen atoms in total. The lowest BCUT2D eigenvalue weighted by Crippen LogP contribution is -2.36. The molecule has 1 aliphatic rings. The Morgan fingerprint density at radius 3 is 2.77 bits per heavy atom. The minimum Gasteiger partial charge on any atom is -0.444 e. The number of carbonyl (C=O) groups excluding carboxylic acids is 1. The quantitative estimate of drug-likeness (QED) is 0.840. The number of halogens is 2. The number of nitrogens with zero attached hydrogens (tertiary/aromatic N) is 1. The summed E-state index contributed by atoms with van der Waals surface area (Å²) in [7, 11) is 0. The number of benzene rings is 1. The van der Waals surface area contributed by atoms with E-state index in [-0.39, 0.29) is 18.0 Å². The van der Waals surface area contributed by atoms with E-state index in [4.69, 9.17) is 4.74 Å². The van der Waals surface area contributed by atoms with Gasteiger partial charge in [-0.05, 0) is 67.7 Å². The number of amides is 1. The zero-order valence-electron chi connectivity index (χ0n) is 13.4. The number of hydrogen-bond acceptors (Lipinski definition) is 3. The van der Waals surface area contributed by atoms with Gasteiger partial charge in [-0.25, -0.2) is 9.18 Å². The van der Waals surface area contributed by atoms with Crippen LogP contribution in [0.15, 0.2) is 16.6 Å². The normalized spacial score (nSPS) is 18.5. The molecular weight excluding hydrogens is 351 g/mol. The van der Waals surface area contributed by atoms with E-state index in [9.17, 15) is 9.18 Å². The first-order valence-electron chi connectivity index (χ1n) is 7.36. The molecule has 1 aromatic rings. The standard InChI is InChI=1S/C16H22BrFN2O2/c1-10-7-12(17)13(18)8-14(10)19-11-5-6-20(9-11)15(21)22-16(2,3)4/h7-8,11,19H,5-6,9H2,1-4H3. The molecule has 1 N–H and O–H groups in total. The highest BCUT2D eigenvalue weighted by atomic mass is 79.9. The third kappa shape index (κ3) is 4.35. The first-order valence-corrected chi connectivity index (χ1v) is 8.15. The average molecular weight is 373 g/mol. The molecular formula is C16H22BrFN2O2. The Labute approximate surface area is 139 Å². The highest BCUT2D eigenvalue weighted by molar-refractivity contribution is 9.10. The molecule has 1 heterocycles. The third-order valence-electron chi connectivity index (χ3n) is 3.47. The molecule has 0 aromatic heterocycles. The maximum Gasteiger partial charge on any atom is 0.410 e. The summed E-state index contributed by atoms with van der Waals surface area (Å²) in [6.07, 6.45) is 0.520. The summed E-state index contributed by atoms with van der Waals surface area (Å²) >= 11 is 3.18. The van der Waals surface area contributed by atoms with Gasteiger partial charge in [-0.15, -0.1) is 0 Å². The lowest BCUT2D eigenvalue weighted by Gasteiger charge is -2.24. The average Bonchev–Trinajstić information content (AvgIpc) is 2.82. The number of nitrogens with one attached hydrogen (secondary N) is 1. The van der Waals surface area contributed by atoms with Crippen molar-refractivity contribution in [2.24, 2.45) is 0 Å². The van der Waals surface area contributed by atoms with Gasteiger partial charge in [0.25, 0.3) is 0 Å². The molecule has 0 radical (unpaired) electrons. The summed E-state index contributed by atoms with van der Waals surface area (Å²) in [5.41, 5.74) is 1.23. The molecule has 1 unspecified atom stereocenters. The maximum atomic E-state index is 13.7. The van der Waals surface area contributed by atoms with Crippen molar-refractivity contribution in [1.29, 1.82) is 0 Å². The molecule has 6 heteroatoms. The second-order valence-corrected chi connectivity index (χ2v) is 7.49. The van der Waals surface area contributed by atoms with Crippen molar-refractivity contribution in [3.63, 3.8) is 0 Å². The maximum absolute atomic E-state index is 13.7. The van der Waals surface area contributed by atoms with Crippen molar-refractivity contribution in [1.82, 2.24) is 4.90 Å². The Morgan fingerprint density at radius 2 is 2.14 bits per heavy atom. The van der Waals surface area contributed by atoms with Gasteiger partial charge >= 0.3 is 6.09 Å². The zero-order chi connectivity index (χ0) is 16.5. The van der Waals surface area contributed by atoms with Gasteiger partial charge in [0, 0.05) is 24.8 Å². The summed E-state index contributed by atoms with van der Waals surface area (Å²) in [6, 6.07) is 3.33. The van der Waals surface area contributed by atoms with Crippen molar-refractivity contribution in [2.45, 2.75) is 45.8 Å². The van der Waals surface area contributed by atoms with E-state index in [1.807, 2.05) is 27.7 Å². The van der Waals surface area contributed by atoms with Gasteiger partial charge in [-0.3, -0.25) is 0 Å². The summed E-state index contributed by atoms with van der Waals surface area (Å²) in [5.74, 6) is -0.296. The molecule has 0 bridgehead atoms. The molecule has 2 rings (SSSR count). The Balaban J connectivity index is 1.97. The van der Waals surface area contributed by atoms with Crippen molar-refractivity contribution in [3.8, 4) is 0 Å². The second-order valence-electron chi connectivity index (χ2n) is 6.64. The van der Waals surface area contributed by atoms with Gasteiger partial charge in [-0.1, -0.05) is 0 Å². The van der Waals surface area contributed by atoms with Gasteiger partial charge in [0.05, 0.1) is 4.47 Å². The van der Waals surface area contributed by atoms with Crippen LogP contribution in [0.5, 0.6) is 0 Å². The van der Waals surface area contributed by atoms with Crippen LogP contribution in [-0.4, -0.2) is 35.7 Å². The summed E-state index contributed by atoms with van der Waals surface area (Å²) < 4.78 is 19.5. The van der Waals surface area contributed by atoms with E-state index in [1.165, 1.54) is 6.07 Å². The minimum atomic E-state index is -0.492. The number of rotatable bonds is 2. The smallest absolute Gasteiger partial charge is 0.410 e. The Morgan fingerprint density at radius 1 is 1.45 bits per heavy atom. The molecule has 0 saturated carbocycles. The Bertz CT molecular complexity index is 572. The fourth-order valence-corrected chi connectivity index (χ4v) is 2.85. The summed E-state index contributed by atoms with van der Waals surface area (Å²) in [4.78, 5) is 13.7. The van der Waals surface area contributed by atoms with Crippen molar-refractivity contribution >= 4 is 27.7 Å². The minimum absolute atomic E-state index is 0.104. The van der Waals surface area contributed by atoms with Crippen molar-refractivity contribution in [3.05, 3.63) is 28.0 Å². The van der Waals surface area contributed by atoms with Gasteiger partial charge in [0.1, 0.15) is 11.4 Å². The van der Waals surface area contributed by atoms with Crippen LogP contribution in [0.1, 0.15) is 32.8 Å². The molecule has 0 spiro atoms. The van der Waals surface area contributed by atoms with Crippen LogP contribution in [-0.2, 0) is 4.74 Å². The highest BCUT2D eigenvalue weighted by Crippen LogP contribution is 2.26. The van der Waals surface area contributed by atoms with Gasteiger partial charge in [0.2, 0.25) is 0 Å². The van der Waals surface area contributed by atoms with Crippen LogP contribution in [0.3, 0.4) is 0 Å². The lowest BCUT2D eigenvalue weighted by molar-refractivity contribution is 0.0293. The molecule has 1 aromatic carbocycles. The summed E-state index contributed by atoms with van der Waals surface area (Å²) in [6.45, 7) is 8.68. The number of likely N-dealkylation sites (tertiary alicyclic amines) is 1. The van der Waals surface area contributed by atoms with Crippen LogP contribution in [0.4, 0.5) is 14.9 Å². The second kappa shape index (κ2) is 6.44. The Hall–Kier alpha value is -1.30. The van der Waals surface area contributed by atoms with Crippen molar-refractivity contribution < 1.29 is 13.9 Å². The van der Waals surface area contributed by atoms with E-state index < -0.39 is 5.60 Å². The fourth-order valence-electron chi connectivity index (χ4n) is 2.39. The lowest BCUT2D eigenvalue weighted by atomic mass is 10.1. The van der Waals surface area contributed by atoms with Crippen LogP contribution >= 0.6 is 15.9 Å². The SMILES string of the molecule is Cc1cc(Br)c(F)cc1NC1CCN(C(=O)OC(C)(C)C)C1. The largest absolute Gasteiger partial charge is 0.444 e. The fraction of sp³-hybridized carbons (Fsp3) is 0.562. The molecule has 122 valence electrons. The topological polar surface area (TPSA) is 41.6 Å². The Kier molecular flexibility index (Phi) is 5.00. The van der Waals surface area contributed by atoms with Crippen LogP contribution in [0, 0.1) is 12.7 Å². The molecule has 1 aliphatic heterocycles. The predicted molar refractivity (Wildman–Crippen MR) is 88.7 cm³/mol. The van der Waals surface area contributed by atoms with E-state index in [1.54, 1.807) is 11.0 Å². The number of anilines is 1. The van der Waals surface area contributed by atoms with E-state index in [2.05, 4.69) is 21.2 Å². The van der Waals surface area contributed by atoms with Crippen LogP contribution in [0.2, 0.25) is 0 Å². The summed E-state index contributed by atoms with van der Waals surface area (Å²) in [5, 5.41) is 3.31. The van der Waals surface area contributed by atoms with Gasteiger partial charge < -0.3 is 15.0 Å². The third-order valence-corrected chi connectivity index (χ3v) is 4.07. The molecule has 1 saturated heterocycles. The number of hydrogen-bond donors (Lipinski definition) is 1. The first-order chi connectivity index (χ1) is 10.2. The van der Waals surface area contributed by atoms with Crippen LogP contribution < -0.4 is 5.32 Å². The molecule has 22 heavy (non-hydrogen) atoms. The number of ether oxygens (including phenoxy) is 1. The van der Waals surface area contributed by atoms with Gasteiger partial charge in [-0.2, -0.15) is 0 Å². The van der Waals surface area contributed by atoms with E-state index in [0.29, 0.717) is 17.6 Å². The van der Waals surface area contributed by atoms with E-state index in [0.717, 1.165) is 17.7 Å². The molecule has 1 atom stereocenters. The first kappa shape index (κ1) is 17.1. The highest BCUT2D eigenvalue weighted by Gasteiger charge is 2.29. The molecule has 0 aliphatic carbocycles. The zero-order valence-corrected chi connectivity index (χ0v) is 15.0. The molecule has 1 fully saturated rings. The van der Waals surface area contributed by atoms with E-state index >= 15 is 0 Å². The van der Waals surface area contributed by atoms with Crippen molar-refractivity contribution in [2.75, 3.05) is 18.4 Å². The molecule has 1 amide bonds. The van der Waals surface area contributed by atoms with Crippen LogP contribution in [0.25, 0.3) is 0 Å². The monoisotopic (exact) mass is 372 g/mol.